The Labute approximate surface area is 121 Å². The Hall–Kier alpha value is -2.96. The van der Waals surface area contributed by atoms with Crippen molar-refractivity contribution in [2.75, 3.05) is 24.3 Å². The van der Waals surface area contributed by atoms with E-state index in [1.807, 2.05) is 14.1 Å². The molecule has 2 heterocycles. The Kier molecular flexibility index (Phi) is 4.13. The van der Waals surface area contributed by atoms with Gasteiger partial charge >= 0.3 is 5.97 Å². The minimum Gasteiger partial charge on any atom is -0.478 e. The second kappa shape index (κ2) is 6.00. The fourth-order valence-electron chi connectivity index (χ4n) is 1.69. The molecule has 7 heteroatoms. The molecule has 0 atom stereocenters. The van der Waals surface area contributed by atoms with Gasteiger partial charge in [-0.3, -0.25) is 9.78 Å². The van der Waals surface area contributed by atoms with Crippen molar-refractivity contribution in [3.05, 3.63) is 47.9 Å². The van der Waals surface area contributed by atoms with Crippen molar-refractivity contribution in [3.8, 4) is 0 Å². The van der Waals surface area contributed by atoms with Gasteiger partial charge in [-0.1, -0.05) is 0 Å². The van der Waals surface area contributed by atoms with Gasteiger partial charge in [0.15, 0.2) is 5.82 Å². The number of hydrogen-bond acceptors (Lipinski definition) is 5. The van der Waals surface area contributed by atoms with Crippen molar-refractivity contribution in [1.82, 2.24) is 9.97 Å². The number of carboxylic acid groups (broad SMARTS) is 1. The van der Waals surface area contributed by atoms with Crippen LogP contribution in [0.15, 0.2) is 36.7 Å². The van der Waals surface area contributed by atoms with Crippen molar-refractivity contribution < 1.29 is 14.7 Å². The number of anilines is 2. The number of aromatic carboxylic acids is 1. The summed E-state index contributed by atoms with van der Waals surface area (Å²) in [6, 6.07) is 6.14. The minimum atomic E-state index is -1.09. The Balaban J connectivity index is 2.20. The summed E-state index contributed by atoms with van der Waals surface area (Å²) in [6.45, 7) is 0. The Morgan fingerprint density at radius 1 is 1.19 bits per heavy atom. The van der Waals surface area contributed by atoms with E-state index in [2.05, 4.69) is 15.3 Å². The molecule has 2 rings (SSSR count). The number of carbonyl (C=O) groups excluding carboxylic acids is 1. The van der Waals surface area contributed by atoms with Crippen molar-refractivity contribution >= 4 is 23.4 Å². The van der Waals surface area contributed by atoms with Gasteiger partial charge in [0.2, 0.25) is 0 Å². The number of aromatic nitrogens is 2. The summed E-state index contributed by atoms with van der Waals surface area (Å²) >= 11 is 0. The lowest BCUT2D eigenvalue weighted by Gasteiger charge is -2.16. The molecule has 21 heavy (non-hydrogen) atoms. The highest BCUT2D eigenvalue weighted by molar-refractivity contribution is 6.04. The van der Waals surface area contributed by atoms with Crippen molar-refractivity contribution in [2.24, 2.45) is 0 Å². The van der Waals surface area contributed by atoms with Crippen LogP contribution in [-0.4, -0.2) is 41.0 Å². The van der Waals surface area contributed by atoms with Crippen LogP contribution in [0.1, 0.15) is 20.8 Å². The van der Waals surface area contributed by atoms with E-state index in [1.165, 1.54) is 12.1 Å². The normalized spacial score (nSPS) is 10.0. The largest absolute Gasteiger partial charge is 0.478 e. The molecule has 2 aromatic rings. The molecule has 0 radical (unpaired) electrons. The van der Waals surface area contributed by atoms with Crippen LogP contribution < -0.4 is 10.2 Å². The molecule has 0 aromatic carbocycles. The maximum atomic E-state index is 12.1. The SMILES string of the molecule is CN(C)c1ncccc1NC(=O)c1ccc(C(=O)O)cn1. The fraction of sp³-hybridized carbons (Fsp3) is 0.143. The zero-order valence-electron chi connectivity index (χ0n) is 11.6. The summed E-state index contributed by atoms with van der Waals surface area (Å²) in [7, 11) is 3.63. The zero-order valence-corrected chi connectivity index (χ0v) is 11.6. The summed E-state index contributed by atoms with van der Waals surface area (Å²) in [5.41, 5.74) is 0.715. The molecule has 0 fully saturated rings. The van der Waals surface area contributed by atoms with Gasteiger partial charge in [-0.15, -0.1) is 0 Å². The predicted octanol–water partition coefficient (Wildman–Crippen LogP) is 1.49. The van der Waals surface area contributed by atoms with Crippen LogP contribution in [0.25, 0.3) is 0 Å². The van der Waals surface area contributed by atoms with Gasteiger partial charge in [0.1, 0.15) is 5.69 Å². The fourth-order valence-corrected chi connectivity index (χ4v) is 1.69. The number of hydrogen-bond donors (Lipinski definition) is 2. The Bertz CT molecular complexity index is 668. The van der Waals surface area contributed by atoms with Gasteiger partial charge in [0.25, 0.3) is 5.91 Å². The number of nitrogens with zero attached hydrogens (tertiary/aromatic N) is 3. The van der Waals surface area contributed by atoms with Gasteiger partial charge in [-0.2, -0.15) is 0 Å². The Morgan fingerprint density at radius 2 is 1.95 bits per heavy atom. The van der Waals surface area contributed by atoms with Gasteiger partial charge < -0.3 is 15.3 Å². The molecule has 108 valence electrons. The topological polar surface area (TPSA) is 95.4 Å². The molecule has 1 amide bonds. The summed E-state index contributed by atoms with van der Waals surface area (Å²) in [4.78, 5) is 32.6. The van der Waals surface area contributed by atoms with E-state index in [-0.39, 0.29) is 11.3 Å². The average Bonchev–Trinajstić information content (AvgIpc) is 2.47. The molecule has 0 bridgehead atoms. The maximum Gasteiger partial charge on any atom is 0.337 e. The highest BCUT2D eigenvalue weighted by Gasteiger charge is 2.13. The van der Waals surface area contributed by atoms with E-state index in [1.54, 1.807) is 23.2 Å². The monoisotopic (exact) mass is 286 g/mol. The predicted molar refractivity (Wildman–Crippen MR) is 77.7 cm³/mol. The number of carbonyl (C=O) groups is 2. The number of nitrogens with one attached hydrogen (secondary N) is 1. The van der Waals surface area contributed by atoms with Crippen molar-refractivity contribution in [2.45, 2.75) is 0 Å². The molecule has 7 nitrogen and oxygen atoms in total. The third-order valence-corrected chi connectivity index (χ3v) is 2.70. The highest BCUT2D eigenvalue weighted by Crippen LogP contribution is 2.20. The van der Waals surface area contributed by atoms with E-state index in [4.69, 9.17) is 5.11 Å². The third-order valence-electron chi connectivity index (χ3n) is 2.70. The molecular weight excluding hydrogens is 272 g/mol. The van der Waals surface area contributed by atoms with Crippen LogP contribution >= 0.6 is 0 Å². The van der Waals surface area contributed by atoms with E-state index < -0.39 is 11.9 Å². The summed E-state index contributed by atoms with van der Waals surface area (Å²) in [6.07, 6.45) is 2.78. The van der Waals surface area contributed by atoms with E-state index >= 15 is 0 Å². The molecule has 0 aliphatic heterocycles. The molecule has 0 unspecified atom stereocenters. The molecule has 0 spiro atoms. The number of amides is 1. The van der Waals surface area contributed by atoms with Crippen molar-refractivity contribution in [1.29, 1.82) is 0 Å². The van der Waals surface area contributed by atoms with Gasteiger partial charge in [0.05, 0.1) is 11.3 Å². The van der Waals surface area contributed by atoms with Crippen LogP contribution in [0.4, 0.5) is 11.5 Å². The van der Waals surface area contributed by atoms with Crippen LogP contribution in [-0.2, 0) is 0 Å². The standard InChI is InChI=1S/C14H14N4O3/c1-18(2)12-10(4-3-7-15-12)17-13(19)11-6-5-9(8-16-11)14(20)21/h3-8H,1-2H3,(H,17,19)(H,20,21). The van der Waals surface area contributed by atoms with Crippen LogP contribution in [0.2, 0.25) is 0 Å². The zero-order chi connectivity index (χ0) is 15.4. The van der Waals surface area contributed by atoms with Crippen LogP contribution in [0.3, 0.4) is 0 Å². The molecule has 0 aliphatic rings. The molecule has 2 aromatic heterocycles. The maximum absolute atomic E-state index is 12.1. The van der Waals surface area contributed by atoms with E-state index in [0.717, 1.165) is 6.20 Å². The lowest BCUT2D eigenvalue weighted by Crippen LogP contribution is -2.18. The first-order valence-electron chi connectivity index (χ1n) is 6.12. The van der Waals surface area contributed by atoms with E-state index in [0.29, 0.717) is 11.5 Å². The summed E-state index contributed by atoms with van der Waals surface area (Å²) in [5, 5.41) is 11.5. The second-order valence-corrected chi connectivity index (χ2v) is 4.46. The highest BCUT2D eigenvalue weighted by atomic mass is 16.4. The van der Waals surface area contributed by atoms with Gasteiger partial charge in [-0.05, 0) is 24.3 Å². The average molecular weight is 286 g/mol. The van der Waals surface area contributed by atoms with Crippen molar-refractivity contribution in [3.63, 3.8) is 0 Å². The molecular formula is C14H14N4O3. The third kappa shape index (κ3) is 3.33. The van der Waals surface area contributed by atoms with Gasteiger partial charge in [0, 0.05) is 26.5 Å². The first kappa shape index (κ1) is 14.4. The quantitative estimate of drug-likeness (QED) is 0.884. The molecule has 0 saturated heterocycles. The molecule has 0 aliphatic carbocycles. The summed E-state index contributed by atoms with van der Waals surface area (Å²) in [5.74, 6) is -0.896. The minimum absolute atomic E-state index is 0.0295. The Morgan fingerprint density at radius 3 is 2.52 bits per heavy atom. The lowest BCUT2D eigenvalue weighted by molar-refractivity contribution is 0.0696. The van der Waals surface area contributed by atoms with Crippen LogP contribution in [0.5, 0.6) is 0 Å². The molecule has 2 N–H and O–H groups in total. The molecule has 0 saturated carbocycles. The number of rotatable bonds is 4. The number of carboxylic acids is 1. The first-order chi connectivity index (χ1) is 9.99. The lowest BCUT2D eigenvalue weighted by atomic mass is 10.2. The second-order valence-electron chi connectivity index (χ2n) is 4.46. The van der Waals surface area contributed by atoms with E-state index in [9.17, 15) is 9.59 Å². The summed E-state index contributed by atoms with van der Waals surface area (Å²) < 4.78 is 0. The first-order valence-corrected chi connectivity index (χ1v) is 6.12. The number of pyridine rings is 2. The van der Waals surface area contributed by atoms with Gasteiger partial charge in [-0.25, -0.2) is 9.78 Å². The van der Waals surface area contributed by atoms with Crippen LogP contribution in [0, 0.1) is 0 Å². The smallest absolute Gasteiger partial charge is 0.337 e.